The minimum absolute atomic E-state index is 0.0523. The second kappa shape index (κ2) is 6.29. The van der Waals surface area contributed by atoms with Crippen LogP contribution in [0.5, 0.6) is 0 Å². The number of hydrogen-bond acceptors (Lipinski definition) is 5. The molecule has 0 aliphatic carbocycles. The van der Waals surface area contributed by atoms with Crippen LogP contribution in [0.2, 0.25) is 0 Å². The Hall–Kier alpha value is -1.84. The van der Waals surface area contributed by atoms with Gasteiger partial charge in [-0.25, -0.2) is 4.98 Å². The molecule has 5 nitrogen and oxygen atoms in total. The highest BCUT2D eigenvalue weighted by atomic mass is 32.2. The van der Waals surface area contributed by atoms with Gasteiger partial charge < -0.3 is 5.32 Å². The number of H-pyrrole nitrogens is 1. The summed E-state index contributed by atoms with van der Waals surface area (Å²) in [7, 11) is 0. The molecule has 0 fully saturated rings. The number of nitriles is 1. The molecule has 1 heterocycles. The lowest BCUT2D eigenvalue weighted by Crippen LogP contribution is -2.35. The lowest BCUT2D eigenvalue weighted by atomic mass is 10.1. The van der Waals surface area contributed by atoms with Crippen molar-refractivity contribution in [1.82, 2.24) is 20.5 Å². The van der Waals surface area contributed by atoms with Gasteiger partial charge >= 0.3 is 0 Å². The Morgan fingerprint density at radius 1 is 1.38 bits per heavy atom. The molecule has 21 heavy (non-hydrogen) atoms. The number of nitrogens with zero attached hydrogens (tertiary/aromatic N) is 3. The first kappa shape index (κ1) is 15.5. The quantitative estimate of drug-likeness (QED) is 0.907. The fourth-order valence-corrected chi connectivity index (χ4v) is 2.52. The molecule has 0 aliphatic heterocycles. The van der Waals surface area contributed by atoms with Crippen LogP contribution in [0.4, 0.5) is 0 Å². The van der Waals surface area contributed by atoms with Crippen LogP contribution in [0, 0.1) is 18.3 Å². The number of aromatic amines is 1. The summed E-state index contributed by atoms with van der Waals surface area (Å²) in [5.41, 5.74) is 1.80. The van der Waals surface area contributed by atoms with Gasteiger partial charge in [-0.3, -0.25) is 5.10 Å². The number of rotatable bonds is 4. The predicted octanol–water partition coefficient (Wildman–Crippen LogP) is 3.02. The van der Waals surface area contributed by atoms with Crippen LogP contribution < -0.4 is 5.32 Å². The lowest BCUT2D eigenvalue weighted by molar-refractivity contribution is 0.424. The van der Waals surface area contributed by atoms with Gasteiger partial charge in [-0.2, -0.15) is 5.26 Å². The van der Waals surface area contributed by atoms with Gasteiger partial charge in [0.15, 0.2) is 0 Å². The van der Waals surface area contributed by atoms with Gasteiger partial charge in [-0.05, 0) is 57.2 Å². The normalized spacial score (nSPS) is 11.4. The van der Waals surface area contributed by atoms with Gasteiger partial charge in [0.25, 0.3) is 0 Å². The van der Waals surface area contributed by atoms with E-state index in [1.54, 1.807) is 0 Å². The summed E-state index contributed by atoms with van der Waals surface area (Å²) in [6.07, 6.45) is 0. The minimum Gasteiger partial charge on any atom is -0.308 e. The topological polar surface area (TPSA) is 77.4 Å². The third-order valence-electron chi connectivity index (χ3n) is 2.77. The van der Waals surface area contributed by atoms with Crippen molar-refractivity contribution in [3.8, 4) is 6.07 Å². The Labute approximate surface area is 129 Å². The van der Waals surface area contributed by atoms with Gasteiger partial charge in [0.2, 0.25) is 5.16 Å². The van der Waals surface area contributed by atoms with Crippen LogP contribution in [0.15, 0.2) is 28.3 Å². The van der Waals surface area contributed by atoms with E-state index in [1.165, 1.54) is 11.8 Å². The van der Waals surface area contributed by atoms with Crippen LogP contribution in [0.25, 0.3) is 0 Å². The smallest absolute Gasteiger partial charge is 0.213 e. The maximum absolute atomic E-state index is 9.32. The molecule has 0 aliphatic rings. The first-order valence-electron chi connectivity index (χ1n) is 6.72. The van der Waals surface area contributed by atoms with Crippen molar-refractivity contribution in [3.63, 3.8) is 0 Å². The molecule has 6 heteroatoms. The minimum atomic E-state index is 0.0523. The van der Waals surface area contributed by atoms with Crippen molar-refractivity contribution in [2.45, 2.75) is 49.8 Å². The molecule has 0 radical (unpaired) electrons. The molecular weight excluding hydrogens is 282 g/mol. The predicted molar refractivity (Wildman–Crippen MR) is 83.0 cm³/mol. The maximum atomic E-state index is 9.32. The lowest BCUT2D eigenvalue weighted by Gasteiger charge is -2.20. The van der Waals surface area contributed by atoms with E-state index >= 15 is 0 Å². The van der Waals surface area contributed by atoms with E-state index < -0.39 is 0 Å². The third-order valence-corrected chi connectivity index (χ3v) is 3.71. The first-order chi connectivity index (χ1) is 9.87. The number of aryl methyl sites for hydroxylation is 1. The van der Waals surface area contributed by atoms with E-state index in [0.29, 0.717) is 10.7 Å². The third kappa shape index (κ3) is 4.59. The Balaban J connectivity index is 2.15. The Morgan fingerprint density at radius 2 is 2.14 bits per heavy atom. The van der Waals surface area contributed by atoms with E-state index in [9.17, 15) is 5.26 Å². The molecule has 1 aromatic heterocycles. The van der Waals surface area contributed by atoms with Crippen molar-refractivity contribution < 1.29 is 0 Å². The van der Waals surface area contributed by atoms with Gasteiger partial charge in [0.05, 0.1) is 5.56 Å². The van der Waals surface area contributed by atoms with Gasteiger partial charge in [-0.15, -0.1) is 5.10 Å². The van der Waals surface area contributed by atoms with Crippen molar-refractivity contribution >= 4 is 11.8 Å². The molecule has 0 unspecified atom stereocenters. The fourth-order valence-electron chi connectivity index (χ4n) is 1.70. The molecule has 2 aromatic rings. The summed E-state index contributed by atoms with van der Waals surface area (Å²) in [5, 5.41) is 20.2. The zero-order chi connectivity index (χ0) is 15.5. The standard InChI is InChI=1S/C15H19N5S/c1-10-18-14(20-19-10)21-13-6-5-11(7-12(13)8-16)9-17-15(2,3)4/h5-7,17H,9H2,1-4H3,(H,18,19,20). The summed E-state index contributed by atoms with van der Waals surface area (Å²) in [6.45, 7) is 8.95. The first-order valence-corrected chi connectivity index (χ1v) is 7.54. The van der Waals surface area contributed by atoms with Crippen LogP contribution in [0.3, 0.4) is 0 Å². The molecule has 0 spiro atoms. The second-order valence-corrected chi connectivity index (χ2v) is 6.86. The van der Waals surface area contributed by atoms with Crippen LogP contribution >= 0.6 is 11.8 Å². The molecule has 1 aromatic carbocycles. The molecule has 110 valence electrons. The number of aromatic nitrogens is 3. The van der Waals surface area contributed by atoms with E-state index in [1.807, 2.05) is 25.1 Å². The molecule has 0 saturated heterocycles. The zero-order valence-electron chi connectivity index (χ0n) is 12.7. The number of hydrogen-bond donors (Lipinski definition) is 2. The maximum Gasteiger partial charge on any atom is 0.213 e. The number of nitrogens with one attached hydrogen (secondary N) is 2. The van der Waals surface area contributed by atoms with E-state index in [4.69, 9.17) is 0 Å². The van der Waals surface area contributed by atoms with Gasteiger partial charge in [0, 0.05) is 17.0 Å². The van der Waals surface area contributed by atoms with E-state index in [2.05, 4.69) is 47.3 Å². The summed E-state index contributed by atoms with van der Waals surface area (Å²) >= 11 is 1.40. The largest absolute Gasteiger partial charge is 0.308 e. The summed E-state index contributed by atoms with van der Waals surface area (Å²) in [6, 6.07) is 8.15. The van der Waals surface area contributed by atoms with E-state index in [0.717, 1.165) is 22.8 Å². The second-order valence-electron chi connectivity index (χ2n) is 5.85. The van der Waals surface area contributed by atoms with E-state index in [-0.39, 0.29) is 5.54 Å². The molecule has 2 N–H and O–H groups in total. The number of benzene rings is 1. The highest BCUT2D eigenvalue weighted by Crippen LogP contribution is 2.28. The highest BCUT2D eigenvalue weighted by Gasteiger charge is 2.11. The van der Waals surface area contributed by atoms with Crippen molar-refractivity contribution in [3.05, 3.63) is 35.2 Å². The van der Waals surface area contributed by atoms with Crippen molar-refractivity contribution in [2.24, 2.45) is 0 Å². The average molecular weight is 301 g/mol. The Morgan fingerprint density at radius 3 is 2.71 bits per heavy atom. The molecule has 0 amide bonds. The molecule has 0 atom stereocenters. The Kier molecular flexibility index (Phi) is 4.66. The molecule has 0 bridgehead atoms. The summed E-state index contributed by atoms with van der Waals surface area (Å²) in [4.78, 5) is 5.12. The summed E-state index contributed by atoms with van der Waals surface area (Å²) < 4.78 is 0. The highest BCUT2D eigenvalue weighted by molar-refractivity contribution is 7.99. The fraction of sp³-hybridized carbons (Fsp3) is 0.400. The molecule has 2 rings (SSSR count). The SMILES string of the molecule is Cc1nc(Sc2ccc(CNC(C)(C)C)cc2C#N)n[nH]1. The van der Waals surface area contributed by atoms with Crippen LogP contribution in [-0.4, -0.2) is 20.7 Å². The molecule has 0 saturated carbocycles. The molecular formula is C15H19N5S. The summed E-state index contributed by atoms with van der Waals surface area (Å²) in [5.74, 6) is 0.766. The Bertz CT molecular complexity index is 663. The van der Waals surface area contributed by atoms with Crippen LogP contribution in [-0.2, 0) is 6.54 Å². The van der Waals surface area contributed by atoms with Crippen LogP contribution in [0.1, 0.15) is 37.7 Å². The van der Waals surface area contributed by atoms with Crippen molar-refractivity contribution in [1.29, 1.82) is 5.26 Å². The van der Waals surface area contributed by atoms with Crippen molar-refractivity contribution in [2.75, 3.05) is 0 Å². The average Bonchev–Trinajstić information content (AvgIpc) is 2.82. The monoisotopic (exact) mass is 301 g/mol. The zero-order valence-corrected chi connectivity index (χ0v) is 13.5. The van der Waals surface area contributed by atoms with Gasteiger partial charge in [0.1, 0.15) is 11.9 Å². The van der Waals surface area contributed by atoms with Gasteiger partial charge in [-0.1, -0.05) is 6.07 Å².